The van der Waals surface area contributed by atoms with E-state index < -0.39 is 12.5 Å². The molecule has 1 aliphatic rings. The van der Waals surface area contributed by atoms with Gasteiger partial charge in [-0.2, -0.15) is 8.78 Å². The Balaban J connectivity index is 1.43. The SMILES string of the molecule is O=C(c1ccccc1Nc1ccccc1)N1CCN(C(=O)c2ccccc2OC(F)F)CC1. The summed E-state index contributed by atoms with van der Waals surface area (Å²) in [4.78, 5) is 29.3. The summed E-state index contributed by atoms with van der Waals surface area (Å²) in [6, 6.07) is 22.8. The van der Waals surface area contributed by atoms with Crippen LogP contribution in [0.2, 0.25) is 0 Å². The minimum Gasteiger partial charge on any atom is -0.434 e. The zero-order chi connectivity index (χ0) is 23.2. The zero-order valence-corrected chi connectivity index (χ0v) is 17.8. The Kier molecular flexibility index (Phi) is 6.83. The van der Waals surface area contributed by atoms with Crippen molar-refractivity contribution in [3.63, 3.8) is 0 Å². The lowest BCUT2D eigenvalue weighted by Gasteiger charge is -2.35. The Labute approximate surface area is 190 Å². The highest BCUT2D eigenvalue weighted by Gasteiger charge is 2.28. The van der Waals surface area contributed by atoms with Crippen molar-refractivity contribution in [2.45, 2.75) is 6.61 Å². The second-order valence-electron chi connectivity index (χ2n) is 7.50. The molecule has 1 heterocycles. The third-order valence-electron chi connectivity index (χ3n) is 5.40. The second-order valence-corrected chi connectivity index (χ2v) is 7.50. The quantitative estimate of drug-likeness (QED) is 0.594. The average molecular weight is 451 g/mol. The average Bonchev–Trinajstić information content (AvgIpc) is 2.84. The summed E-state index contributed by atoms with van der Waals surface area (Å²) in [7, 11) is 0. The van der Waals surface area contributed by atoms with Crippen molar-refractivity contribution in [3.8, 4) is 5.75 Å². The molecule has 0 aromatic heterocycles. The number of nitrogens with zero attached hydrogens (tertiary/aromatic N) is 2. The van der Waals surface area contributed by atoms with Crippen LogP contribution in [0.15, 0.2) is 78.9 Å². The number of hydrogen-bond donors (Lipinski definition) is 1. The fraction of sp³-hybridized carbons (Fsp3) is 0.200. The van der Waals surface area contributed by atoms with Crippen molar-refractivity contribution in [1.29, 1.82) is 0 Å². The Morgan fingerprint density at radius 1 is 0.727 bits per heavy atom. The van der Waals surface area contributed by atoms with Gasteiger partial charge in [-0.3, -0.25) is 9.59 Å². The number of alkyl halides is 2. The van der Waals surface area contributed by atoms with Gasteiger partial charge in [-0.1, -0.05) is 42.5 Å². The molecule has 0 spiro atoms. The number of carbonyl (C=O) groups is 2. The molecular weight excluding hydrogens is 428 g/mol. The Morgan fingerprint density at radius 2 is 1.24 bits per heavy atom. The Morgan fingerprint density at radius 3 is 1.88 bits per heavy atom. The molecule has 4 rings (SSSR count). The van der Waals surface area contributed by atoms with E-state index in [1.165, 1.54) is 18.2 Å². The molecule has 0 atom stereocenters. The minimum absolute atomic E-state index is 0.0787. The van der Waals surface area contributed by atoms with E-state index in [4.69, 9.17) is 0 Å². The summed E-state index contributed by atoms with van der Waals surface area (Å²) >= 11 is 0. The maximum atomic E-state index is 13.2. The van der Waals surface area contributed by atoms with Gasteiger partial charge in [0.2, 0.25) is 0 Å². The number of anilines is 2. The Hall–Kier alpha value is -3.94. The van der Waals surface area contributed by atoms with E-state index in [-0.39, 0.29) is 17.2 Å². The molecule has 2 amide bonds. The fourth-order valence-electron chi connectivity index (χ4n) is 3.75. The summed E-state index contributed by atoms with van der Waals surface area (Å²) < 4.78 is 29.8. The highest BCUT2D eigenvalue weighted by Crippen LogP contribution is 2.25. The molecule has 33 heavy (non-hydrogen) atoms. The molecule has 1 N–H and O–H groups in total. The molecule has 3 aromatic rings. The van der Waals surface area contributed by atoms with Gasteiger partial charge in [0.15, 0.2) is 0 Å². The van der Waals surface area contributed by atoms with Gasteiger partial charge >= 0.3 is 6.61 Å². The third-order valence-corrected chi connectivity index (χ3v) is 5.40. The van der Waals surface area contributed by atoms with Crippen LogP contribution in [0.25, 0.3) is 0 Å². The van der Waals surface area contributed by atoms with E-state index in [0.717, 1.165) is 5.69 Å². The first-order valence-corrected chi connectivity index (χ1v) is 10.6. The largest absolute Gasteiger partial charge is 0.434 e. The van der Waals surface area contributed by atoms with E-state index in [1.807, 2.05) is 48.5 Å². The number of piperazine rings is 1. The molecule has 0 bridgehead atoms. The number of rotatable bonds is 6. The number of carbonyl (C=O) groups excluding carboxylic acids is 2. The standard InChI is InChI=1S/C25H23F2N3O3/c26-25(27)33-22-13-7-5-11-20(22)24(32)30-16-14-29(15-17-30)23(31)19-10-4-6-12-21(19)28-18-8-2-1-3-9-18/h1-13,25,28H,14-17H2. The topological polar surface area (TPSA) is 61.9 Å². The molecule has 170 valence electrons. The van der Waals surface area contributed by atoms with Gasteiger partial charge in [0.25, 0.3) is 11.8 Å². The fourth-order valence-corrected chi connectivity index (χ4v) is 3.75. The maximum Gasteiger partial charge on any atom is 0.387 e. The van der Waals surface area contributed by atoms with E-state index in [9.17, 15) is 18.4 Å². The van der Waals surface area contributed by atoms with Crippen LogP contribution in [0.3, 0.4) is 0 Å². The number of hydrogen-bond acceptors (Lipinski definition) is 4. The molecule has 1 fully saturated rings. The summed E-state index contributed by atoms with van der Waals surface area (Å²) in [5.74, 6) is -0.691. The molecule has 0 aliphatic carbocycles. The molecule has 0 radical (unpaired) electrons. The van der Waals surface area contributed by atoms with Gasteiger partial charge in [0.05, 0.1) is 16.8 Å². The molecule has 0 unspecified atom stereocenters. The normalized spacial score (nSPS) is 13.7. The molecule has 1 saturated heterocycles. The number of nitrogens with one attached hydrogen (secondary N) is 1. The van der Waals surface area contributed by atoms with Gasteiger partial charge in [-0.05, 0) is 36.4 Å². The van der Waals surface area contributed by atoms with Crippen molar-refractivity contribution in [1.82, 2.24) is 9.80 Å². The van der Waals surface area contributed by atoms with Crippen LogP contribution in [-0.2, 0) is 0 Å². The lowest BCUT2D eigenvalue weighted by atomic mass is 10.1. The van der Waals surface area contributed by atoms with Gasteiger partial charge in [0, 0.05) is 31.9 Å². The van der Waals surface area contributed by atoms with Crippen molar-refractivity contribution >= 4 is 23.2 Å². The van der Waals surface area contributed by atoms with Crippen molar-refractivity contribution < 1.29 is 23.1 Å². The van der Waals surface area contributed by atoms with Gasteiger partial charge < -0.3 is 19.9 Å². The van der Waals surface area contributed by atoms with Crippen LogP contribution in [0.1, 0.15) is 20.7 Å². The van der Waals surface area contributed by atoms with Crippen LogP contribution < -0.4 is 10.1 Å². The number of amides is 2. The first kappa shape index (κ1) is 22.3. The maximum absolute atomic E-state index is 13.2. The number of halogens is 2. The smallest absolute Gasteiger partial charge is 0.387 e. The minimum atomic E-state index is -3.02. The predicted molar refractivity (Wildman–Crippen MR) is 121 cm³/mol. The van der Waals surface area contributed by atoms with Crippen molar-refractivity contribution in [2.75, 3.05) is 31.5 Å². The first-order chi connectivity index (χ1) is 16.0. The Bertz CT molecular complexity index is 1120. The monoisotopic (exact) mass is 451 g/mol. The summed E-state index contributed by atoms with van der Waals surface area (Å²) in [5, 5.41) is 3.28. The first-order valence-electron chi connectivity index (χ1n) is 10.6. The highest BCUT2D eigenvalue weighted by atomic mass is 19.3. The van der Waals surface area contributed by atoms with Crippen LogP contribution in [0, 0.1) is 0 Å². The number of para-hydroxylation sites is 3. The lowest BCUT2D eigenvalue weighted by Crippen LogP contribution is -2.50. The molecule has 6 nitrogen and oxygen atoms in total. The highest BCUT2D eigenvalue weighted by molar-refractivity contribution is 6.01. The van der Waals surface area contributed by atoms with E-state index in [0.29, 0.717) is 37.4 Å². The van der Waals surface area contributed by atoms with Crippen LogP contribution in [0.4, 0.5) is 20.2 Å². The number of benzene rings is 3. The molecule has 1 aliphatic heterocycles. The number of ether oxygens (including phenoxy) is 1. The summed E-state index contributed by atoms with van der Waals surface area (Å²) in [6.07, 6.45) is 0. The van der Waals surface area contributed by atoms with Gasteiger partial charge in [-0.15, -0.1) is 0 Å². The summed E-state index contributed by atoms with van der Waals surface area (Å²) in [6.45, 7) is -1.76. The summed E-state index contributed by atoms with van der Waals surface area (Å²) in [5.41, 5.74) is 2.19. The molecule has 3 aromatic carbocycles. The molecule has 0 saturated carbocycles. The van der Waals surface area contributed by atoms with Crippen molar-refractivity contribution in [2.24, 2.45) is 0 Å². The molecule has 8 heteroatoms. The lowest BCUT2D eigenvalue weighted by molar-refractivity contribution is -0.0503. The van der Waals surface area contributed by atoms with E-state index in [2.05, 4.69) is 10.1 Å². The molecular formula is C25H23F2N3O3. The van der Waals surface area contributed by atoms with E-state index >= 15 is 0 Å². The van der Waals surface area contributed by atoms with E-state index in [1.54, 1.807) is 21.9 Å². The second kappa shape index (κ2) is 10.1. The van der Waals surface area contributed by atoms with Crippen molar-refractivity contribution in [3.05, 3.63) is 90.0 Å². The van der Waals surface area contributed by atoms with Crippen LogP contribution in [0.5, 0.6) is 5.75 Å². The zero-order valence-electron chi connectivity index (χ0n) is 17.8. The van der Waals surface area contributed by atoms with Crippen LogP contribution >= 0.6 is 0 Å². The predicted octanol–water partition coefficient (Wildman–Crippen LogP) is 4.63. The van der Waals surface area contributed by atoms with Gasteiger partial charge in [-0.25, -0.2) is 0 Å². The third kappa shape index (κ3) is 5.28. The van der Waals surface area contributed by atoms with Gasteiger partial charge in [0.1, 0.15) is 5.75 Å². The van der Waals surface area contributed by atoms with Crippen LogP contribution in [-0.4, -0.2) is 54.4 Å².